The van der Waals surface area contributed by atoms with Crippen molar-refractivity contribution in [2.75, 3.05) is 13.6 Å². The lowest BCUT2D eigenvalue weighted by Crippen LogP contribution is -2.38. The molecule has 16 heavy (non-hydrogen) atoms. The van der Waals surface area contributed by atoms with Gasteiger partial charge in [-0.15, -0.1) is 11.3 Å². The topological polar surface area (TPSA) is 58.4 Å². The molecule has 1 atom stereocenters. The minimum Gasteiger partial charge on any atom is -0.303 e. The van der Waals surface area contributed by atoms with E-state index in [1.165, 1.54) is 4.88 Å². The highest BCUT2D eigenvalue weighted by molar-refractivity contribution is 7.09. The summed E-state index contributed by atoms with van der Waals surface area (Å²) in [5.41, 5.74) is 2.16. The minimum atomic E-state index is -0.115. The van der Waals surface area contributed by atoms with Crippen molar-refractivity contribution in [3.63, 3.8) is 0 Å². The van der Waals surface area contributed by atoms with E-state index in [0.29, 0.717) is 6.42 Å². The summed E-state index contributed by atoms with van der Waals surface area (Å²) < 4.78 is 0. The molecule has 3 N–H and O–H groups in total. The third-order valence-electron chi connectivity index (χ3n) is 2.69. The van der Waals surface area contributed by atoms with Crippen LogP contribution in [0.2, 0.25) is 0 Å². The Labute approximate surface area is 100 Å². The lowest BCUT2D eigenvalue weighted by molar-refractivity contribution is -0.122. The number of nitrogens with one attached hydrogen (secondary N) is 1. The molecule has 0 aromatic carbocycles. The van der Waals surface area contributed by atoms with Crippen molar-refractivity contribution in [2.24, 2.45) is 5.84 Å². The van der Waals surface area contributed by atoms with Crippen LogP contribution in [0.1, 0.15) is 18.2 Å². The van der Waals surface area contributed by atoms with E-state index in [9.17, 15) is 4.79 Å². The number of carbonyl (C=O) groups is 1. The van der Waals surface area contributed by atoms with Crippen molar-refractivity contribution in [2.45, 2.75) is 25.8 Å². The molecule has 1 unspecified atom stereocenters. The van der Waals surface area contributed by atoms with Gasteiger partial charge in [-0.05, 0) is 31.8 Å². The minimum absolute atomic E-state index is 0.115. The second kappa shape index (κ2) is 6.62. The molecule has 90 valence electrons. The largest absolute Gasteiger partial charge is 0.303 e. The predicted octanol–water partition coefficient (Wildman–Crippen LogP) is 0.991. The summed E-state index contributed by atoms with van der Waals surface area (Å²) in [5.74, 6) is 4.94. The lowest BCUT2D eigenvalue weighted by Gasteiger charge is -2.23. The van der Waals surface area contributed by atoms with Gasteiger partial charge in [0.2, 0.25) is 5.91 Å². The molecule has 0 bridgehead atoms. The molecule has 0 fully saturated rings. The van der Waals surface area contributed by atoms with Gasteiger partial charge in [-0.25, -0.2) is 5.84 Å². The highest BCUT2D eigenvalue weighted by Gasteiger charge is 2.12. The van der Waals surface area contributed by atoms with Crippen LogP contribution < -0.4 is 11.3 Å². The number of carbonyl (C=O) groups excluding carboxylic acids is 1. The fraction of sp³-hybridized carbons (Fsp3) is 0.545. The van der Waals surface area contributed by atoms with E-state index in [1.54, 1.807) is 11.3 Å². The zero-order chi connectivity index (χ0) is 12.0. The second-order valence-corrected chi connectivity index (χ2v) is 4.96. The van der Waals surface area contributed by atoms with Crippen LogP contribution in [0.5, 0.6) is 0 Å². The SMILES string of the molecule is CC(CC(=O)NN)N(C)CCc1cccs1. The molecular weight excluding hydrogens is 222 g/mol. The third-order valence-corrected chi connectivity index (χ3v) is 3.62. The fourth-order valence-electron chi connectivity index (χ4n) is 1.44. The second-order valence-electron chi connectivity index (χ2n) is 3.93. The van der Waals surface area contributed by atoms with Gasteiger partial charge in [0.1, 0.15) is 0 Å². The summed E-state index contributed by atoms with van der Waals surface area (Å²) in [6.45, 7) is 2.99. The molecule has 1 heterocycles. The van der Waals surface area contributed by atoms with E-state index in [1.807, 2.05) is 14.0 Å². The third kappa shape index (κ3) is 4.30. The van der Waals surface area contributed by atoms with Gasteiger partial charge in [0, 0.05) is 23.9 Å². The van der Waals surface area contributed by atoms with Crippen LogP contribution in [0.25, 0.3) is 0 Å². The average Bonchev–Trinajstić information content (AvgIpc) is 2.78. The average molecular weight is 241 g/mol. The molecule has 0 aliphatic rings. The van der Waals surface area contributed by atoms with Crippen molar-refractivity contribution >= 4 is 17.2 Å². The summed E-state index contributed by atoms with van der Waals surface area (Å²) in [6.07, 6.45) is 1.47. The first-order chi connectivity index (χ1) is 7.63. The molecule has 5 heteroatoms. The van der Waals surface area contributed by atoms with E-state index in [-0.39, 0.29) is 11.9 Å². The van der Waals surface area contributed by atoms with Gasteiger partial charge in [0.25, 0.3) is 0 Å². The lowest BCUT2D eigenvalue weighted by atomic mass is 10.2. The number of nitrogens with two attached hydrogens (primary N) is 1. The molecule has 1 aromatic heterocycles. The Morgan fingerprint density at radius 1 is 1.69 bits per heavy atom. The Hall–Kier alpha value is -0.910. The van der Waals surface area contributed by atoms with Crippen molar-refractivity contribution in [3.8, 4) is 0 Å². The van der Waals surface area contributed by atoms with Crippen LogP contribution in [-0.4, -0.2) is 30.4 Å². The fourth-order valence-corrected chi connectivity index (χ4v) is 2.14. The maximum Gasteiger partial charge on any atom is 0.235 e. The Balaban J connectivity index is 2.28. The number of rotatable bonds is 6. The molecule has 1 aromatic rings. The molecule has 0 aliphatic carbocycles. The quantitative estimate of drug-likeness (QED) is 0.443. The van der Waals surface area contributed by atoms with Crippen molar-refractivity contribution in [1.82, 2.24) is 10.3 Å². The molecule has 0 aliphatic heterocycles. The normalized spacial score (nSPS) is 12.8. The van der Waals surface area contributed by atoms with Gasteiger partial charge in [-0.1, -0.05) is 6.07 Å². The van der Waals surface area contributed by atoms with Crippen LogP contribution in [-0.2, 0) is 11.2 Å². The Morgan fingerprint density at radius 2 is 2.44 bits per heavy atom. The maximum atomic E-state index is 11.1. The Morgan fingerprint density at radius 3 is 3.00 bits per heavy atom. The molecule has 1 amide bonds. The van der Waals surface area contributed by atoms with Crippen LogP contribution in [0.3, 0.4) is 0 Å². The van der Waals surface area contributed by atoms with Crippen LogP contribution in [0, 0.1) is 0 Å². The number of amides is 1. The number of nitrogens with zero attached hydrogens (tertiary/aromatic N) is 1. The molecule has 0 spiro atoms. The molecule has 1 rings (SSSR count). The smallest absolute Gasteiger partial charge is 0.235 e. The Kier molecular flexibility index (Phi) is 5.45. The molecule has 0 radical (unpaired) electrons. The van der Waals surface area contributed by atoms with E-state index < -0.39 is 0 Å². The number of hydrogen-bond donors (Lipinski definition) is 2. The van der Waals surface area contributed by atoms with Crippen LogP contribution in [0.4, 0.5) is 0 Å². The van der Waals surface area contributed by atoms with E-state index in [4.69, 9.17) is 5.84 Å². The highest BCUT2D eigenvalue weighted by Crippen LogP contribution is 2.10. The summed E-state index contributed by atoms with van der Waals surface area (Å²) in [4.78, 5) is 14.7. The first kappa shape index (κ1) is 13.2. The van der Waals surface area contributed by atoms with Gasteiger partial charge < -0.3 is 4.90 Å². The Bertz CT molecular complexity index is 313. The summed E-state index contributed by atoms with van der Waals surface area (Å²) in [7, 11) is 2.03. The number of hydrazine groups is 1. The monoisotopic (exact) mass is 241 g/mol. The first-order valence-electron chi connectivity index (χ1n) is 5.35. The van der Waals surface area contributed by atoms with Gasteiger partial charge in [0.05, 0.1) is 0 Å². The van der Waals surface area contributed by atoms with E-state index in [2.05, 4.69) is 27.8 Å². The highest BCUT2D eigenvalue weighted by atomic mass is 32.1. The molecule has 0 saturated carbocycles. The van der Waals surface area contributed by atoms with Crippen molar-refractivity contribution in [1.29, 1.82) is 0 Å². The first-order valence-corrected chi connectivity index (χ1v) is 6.23. The van der Waals surface area contributed by atoms with Gasteiger partial charge in [0.15, 0.2) is 0 Å². The van der Waals surface area contributed by atoms with Gasteiger partial charge in [-0.3, -0.25) is 10.2 Å². The molecule has 0 saturated heterocycles. The van der Waals surface area contributed by atoms with Gasteiger partial charge in [-0.2, -0.15) is 0 Å². The number of thiophene rings is 1. The number of hydrogen-bond acceptors (Lipinski definition) is 4. The summed E-state index contributed by atoms with van der Waals surface area (Å²) >= 11 is 1.77. The molecular formula is C11H19N3OS. The maximum absolute atomic E-state index is 11.1. The van der Waals surface area contributed by atoms with Crippen molar-refractivity contribution in [3.05, 3.63) is 22.4 Å². The molecule has 4 nitrogen and oxygen atoms in total. The number of likely N-dealkylation sites (N-methyl/N-ethyl adjacent to an activating group) is 1. The zero-order valence-corrected chi connectivity index (χ0v) is 10.6. The van der Waals surface area contributed by atoms with E-state index >= 15 is 0 Å². The van der Waals surface area contributed by atoms with Crippen LogP contribution in [0.15, 0.2) is 17.5 Å². The van der Waals surface area contributed by atoms with Crippen LogP contribution >= 0.6 is 11.3 Å². The standard InChI is InChI=1S/C11H19N3OS/c1-9(8-11(15)13-12)14(2)6-5-10-4-3-7-16-10/h3-4,7,9H,5-6,8,12H2,1-2H3,(H,13,15). The van der Waals surface area contributed by atoms with Gasteiger partial charge >= 0.3 is 0 Å². The summed E-state index contributed by atoms with van der Waals surface area (Å²) in [6, 6.07) is 4.41. The predicted molar refractivity (Wildman–Crippen MR) is 67.1 cm³/mol. The summed E-state index contributed by atoms with van der Waals surface area (Å²) in [5, 5.41) is 2.08. The van der Waals surface area contributed by atoms with E-state index in [0.717, 1.165) is 13.0 Å². The zero-order valence-electron chi connectivity index (χ0n) is 9.77. The van der Waals surface area contributed by atoms with Crippen molar-refractivity contribution < 1.29 is 4.79 Å².